The Morgan fingerprint density at radius 2 is 1.51 bits per heavy atom. The van der Waals surface area contributed by atoms with Crippen LogP contribution < -0.4 is 26.0 Å². The number of ether oxygens (including phenoxy) is 3. The van der Waals surface area contributed by atoms with Gasteiger partial charge in [0.1, 0.15) is 23.6 Å². The monoisotopic (exact) mass is 1130 g/mol. The van der Waals surface area contributed by atoms with Gasteiger partial charge in [0.05, 0.1) is 38.6 Å². The fourth-order valence-electron chi connectivity index (χ4n) is 9.96. The van der Waals surface area contributed by atoms with Crippen LogP contribution >= 0.6 is 7.82 Å². The van der Waals surface area contributed by atoms with Gasteiger partial charge in [0.2, 0.25) is 5.91 Å². The van der Waals surface area contributed by atoms with E-state index in [0.29, 0.717) is 35.4 Å². The van der Waals surface area contributed by atoms with Gasteiger partial charge in [0.15, 0.2) is 22.7 Å². The number of rotatable bonds is 11. The number of aliphatic hydroxyl groups is 1. The number of aliphatic hydroxyl groups excluding tert-OH is 1. The minimum absolute atomic E-state index is 0.0806. The third kappa shape index (κ3) is 15.6. The maximum absolute atomic E-state index is 11.7. The lowest BCUT2D eigenvalue weighted by Crippen LogP contribution is -2.64. The largest absolute Gasteiger partial charge is 0.508 e. The topological polar surface area (TPSA) is 331 Å². The Kier molecular flexibility index (Phi) is 21.8. The predicted molar refractivity (Wildman–Crippen MR) is 296 cm³/mol. The highest BCUT2D eigenvalue weighted by Gasteiger charge is 2.64. The molecule has 8 N–H and O–H groups in total. The van der Waals surface area contributed by atoms with Crippen LogP contribution in [0.25, 0.3) is 11.2 Å². The molecule has 25 heteroatoms. The summed E-state index contributed by atoms with van der Waals surface area (Å²) in [4.78, 5) is 87.6. The molecule has 1 spiro atoms. The molecule has 432 valence electrons. The van der Waals surface area contributed by atoms with Gasteiger partial charge in [-0.2, -0.15) is 0 Å². The number of aromatic hydroxyl groups is 1. The van der Waals surface area contributed by atoms with E-state index < -0.39 is 31.5 Å². The van der Waals surface area contributed by atoms with E-state index in [2.05, 4.69) is 63.3 Å². The van der Waals surface area contributed by atoms with Crippen molar-refractivity contribution in [1.82, 2.24) is 33.5 Å². The standard InChI is InChI=1S/C18H21NO3.C17H22N2O.C8H10N4O2.C8H9NO2.C4H6O4.H3O4P/c1-19-8-7-18-11-4-5-13(20)17(18)22-16-14(21-2)6-3-10(15(16)18)9-12(11)19;1-17(20-14-13-19(2)3,15-9-5-4-6-10-15)16-11-7-8-12-18-16;1-10-4-9-6-5(10)7(13)12(3)8(14)11(6)2;1-6(10)9-7-2-4-8(11)5-3-7;5-3(6)1-2-4(7)8;1-5(2,3)4/h3-6,11-13,17,20H,7-9H2,1-2H3;4-12H,13-14H2,1-3H3;4H,1-3H3;2-5,11H,1H3,(H,9,10);1-2H2,(H,5,6)(H,7,8);(H3,1,2,3,4)/t11-,12+,13-,17-,18-;;;;;/m0...../s1. The summed E-state index contributed by atoms with van der Waals surface area (Å²) in [6, 6.07) is 27.2. The number of nitrogens with one attached hydrogen (secondary N) is 1. The molecule has 10 rings (SSSR count). The molecule has 4 aliphatic rings. The average molecular weight is 1130 g/mol. The zero-order chi connectivity index (χ0) is 59.3. The zero-order valence-corrected chi connectivity index (χ0v) is 46.9. The SMILES string of the molecule is CC(=O)Nc1ccc(O)cc1.CN(C)CCOC(C)(c1ccccc1)c1ccccn1.COc1ccc2c3c1O[C@H]1[C@@H](O)C=C[C@H]4[C@@H](C2)N(C)CC[C@@]341.Cn1c(=O)c2c(ncn2C)n(C)c1=O.O=C(O)CCC(=O)O.O=P(O)(O)O. The van der Waals surface area contributed by atoms with E-state index >= 15 is 0 Å². The van der Waals surface area contributed by atoms with E-state index in [-0.39, 0.29) is 47.3 Å². The van der Waals surface area contributed by atoms with Crippen LogP contribution in [-0.2, 0) is 62.3 Å². The highest BCUT2D eigenvalue weighted by Crippen LogP contribution is 2.62. The number of nitrogens with zero attached hydrogens (tertiary/aromatic N) is 7. The average Bonchev–Trinajstić information content (AvgIpc) is 3.96. The fraction of sp³-hybridized carbons (Fsp3) is 0.400. The van der Waals surface area contributed by atoms with Crippen molar-refractivity contribution >= 4 is 42.5 Å². The molecule has 3 aromatic carbocycles. The zero-order valence-electron chi connectivity index (χ0n) is 46.0. The van der Waals surface area contributed by atoms with Crippen molar-refractivity contribution in [2.45, 2.75) is 68.8 Å². The van der Waals surface area contributed by atoms with Crippen LogP contribution in [0.15, 0.2) is 119 Å². The number of likely N-dealkylation sites (N-methyl/N-ethyl adjacent to an activating group) is 2. The van der Waals surface area contributed by atoms with Gasteiger partial charge in [-0.25, -0.2) is 14.3 Å². The Morgan fingerprint density at radius 3 is 2.08 bits per heavy atom. The first-order chi connectivity index (χ1) is 37.6. The van der Waals surface area contributed by atoms with E-state index in [1.807, 2.05) is 68.8 Å². The summed E-state index contributed by atoms with van der Waals surface area (Å²) in [5, 5.41) is 37.8. The lowest BCUT2D eigenvalue weighted by molar-refractivity contribution is -0.143. The number of carboxylic acids is 2. The number of carboxylic acid groups (broad SMARTS) is 2. The number of methoxy groups -OCH3 is 1. The summed E-state index contributed by atoms with van der Waals surface area (Å²) in [5.74, 6) is 0.0155. The molecule has 2 aliphatic heterocycles. The number of phenols is 1. The van der Waals surface area contributed by atoms with Gasteiger partial charge in [-0.15, -0.1) is 0 Å². The van der Waals surface area contributed by atoms with E-state index in [1.165, 1.54) is 48.1 Å². The third-order valence-electron chi connectivity index (χ3n) is 13.8. The van der Waals surface area contributed by atoms with Crippen LogP contribution in [0.5, 0.6) is 17.2 Å². The highest BCUT2D eigenvalue weighted by molar-refractivity contribution is 7.45. The first-order valence-corrected chi connectivity index (χ1v) is 26.8. The summed E-state index contributed by atoms with van der Waals surface area (Å²) in [6.07, 6.45) is 8.27. The third-order valence-corrected chi connectivity index (χ3v) is 13.8. The molecule has 1 amide bonds. The molecule has 5 heterocycles. The van der Waals surface area contributed by atoms with Gasteiger partial charge in [-0.05, 0) is 101 Å². The first kappa shape index (κ1) is 63.3. The van der Waals surface area contributed by atoms with E-state index in [9.17, 15) is 29.1 Å². The number of imidazole rings is 1. The number of hydrogen-bond acceptors (Lipinski definition) is 15. The number of aliphatic carboxylic acids is 2. The van der Waals surface area contributed by atoms with Crippen LogP contribution in [-0.4, -0.2) is 153 Å². The Hall–Kier alpha value is -7.54. The van der Waals surface area contributed by atoms with Crippen molar-refractivity contribution in [3.05, 3.63) is 153 Å². The molecule has 2 aliphatic carbocycles. The number of aryl methyl sites for hydroxylation is 2. The molecule has 1 fully saturated rings. The van der Waals surface area contributed by atoms with Crippen molar-refractivity contribution in [3.63, 3.8) is 0 Å². The molecule has 80 heavy (non-hydrogen) atoms. The van der Waals surface area contributed by atoms with Crippen molar-refractivity contribution in [3.8, 4) is 17.2 Å². The molecule has 24 nitrogen and oxygen atoms in total. The van der Waals surface area contributed by atoms with Gasteiger partial charge in [0, 0.05) is 69.4 Å². The Labute approximate surface area is 462 Å². The number of phenolic OH excluding ortho intramolecular Hbond substituents is 1. The summed E-state index contributed by atoms with van der Waals surface area (Å²) in [6.45, 7) is 6.12. The van der Waals surface area contributed by atoms with Gasteiger partial charge < -0.3 is 69.0 Å². The van der Waals surface area contributed by atoms with Crippen LogP contribution in [0.3, 0.4) is 0 Å². The number of phosphoric acid groups is 1. The van der Waals surface area contributed by atoms with E-state index in [1.54, 1.807) is 37.9 Å². The van der Waals surface area contributed by atoms with Crippen LogP contribution in [0.2, 0.25) is 0 Å². The number of hydrogen-bond donors (Lipinski definition) is 8. The maximum Gasteiger partial charge on any atom is 0.466 e. The molecule has 0 radical (unpaired) electrons. The molecule has 1 unspecified atom stereocenters. The number of aromatic nitrogens is 5. The van der Waals surface area contributed by atoms with Crippen LogP contribution in [0.4, 0.5) is 5.69 Å². The predicted octanol–water partition coefficient (Wildman–Crippen LogP) is 3.75. The molecule has 1 saturated heterocycles. The quantitative estimate of drug-likeness (QED) is 0.0520. The van der Waals surface area contributed by atoms with Gasteiger partial charge in [0.25, 0.3) is 5.56 Å². The molecular formula is C55H71N8O16P. The van der Waals surface area contributed by atoms with Crippen molar-refractivity contribution < 1.29 is 68.3 Å². The van der Waals surface area contributed by atoms with Crippen molar-refractivity contribution in [2.24, 2.45) is 27.1 Å². The summed E-state index contributed by atoms with van der Waals surface area (Å²) < 4.78 is 31.0. The van der Waals surface area contributed by atoms with Crippen LogP contribution in [0.1, 0.15) is 55.5 Å². The molecule has 2 bridgehead atoms. The number of piperidine rings is 1. The first-order valence-electron chi connectivity index (χ1n) is 25.2. The van der Waals surface area contributed by atoms with Crippen molar-refractivity contribution in [2.75, 3.05) is 53.3 Å². The lowest BCUT2D eigenvalue weighted by Gasteiger charge is -2.56. The minimum Gasteiger partial charge on any atom is -0.508 e. The van der Waals surface area contributed by atoms with Gasteiger partial charge >= 0.3 is 25.5 Å². The fourth-order valence-corrected chi connectivity index (χ4v) is 9.96. The lowest BCUT2D eigenvalue weighted by atomic mass is 9.53. The number of benzene rings is 3. The van der Waals surface area contributed by atoms with Gasteiger partial charge in [-0.1, -0.05) is 54.6 Å². The van der Waals surface area contributed by atoms with Gasteiger partial charge in [-0.3, -0.25) is 33.3 Å². The maximum atomic E-state index is 11.7. The number of amides is 1. The normalized spacial score (nSPS) is 19.6. The number of carbonyl (C=O) groups is 3. The summed E-state index contributed by atoms with van der Waals surface area (Å²) >= 11 is 0. The number of pyridine rings is 1. The molecule has 3 aromatic heterocycles. The van der Waals surface area contributed by atoms with Crippen LogP contribution in [0, 0.1) is 5.92 Å². The van der Waals surface area contributed by atoms with E-state index in [4.69, 9.17) is 48.8 Å². The molecule has 6 aromatic rings. The summed E-state index contributed by atoms with van der Waals surface area (Å²) in [7, 11) is 8.13. The minimum atomic E-state index is -4.64. The number of likely N-dealkylation sites (tertiary alicyclic amines) is 1. The smallest absolute Gasteiger partial charge is 0.466 e. The molecular weight excluding hydrogens is 1060 g/mol. The number of fused-ring (bicyclic) bond motifs is 1. The Morgan fingerprint density at radius 1 is 0.887 bits per heavy atom. The second kappa shape index (κ2) is 27.6. The number of anilines is 1. The highest BCUT2D eigenvalue weighted by atomic mass is 31.2. The van der Waals surface area contributed by atoms with E-state index in [0.717, 1.165) is 53.3 Å². The molecule has 6 atom stereocenters. The second-order valence-electron chi connectivity index (χ2n) is 19.6. The van der Waals surface area contributed by atoms with Crippen molar-refractivity contribution in [1.29, 1.82) is 0 Å². The Balaban J connectivity index is 0.000000187. The second-order valence-corrected chi connectivity index (χ2v) is 20.7. The summed E-state index contributed by atoms with van der Waals surface area (Å²) in [5.41, 5.74) is 5.02. The molecule has 0 saturated carbocycles. The Bertz CT molecular complexity index is 3210. The number of carbonyl (C=O) groups excluding carboxylic acids is 1.